The van der Waals surface area contributed by atoms with Gasteiger partial charge in [-0.15, -0.1) is 0 Å². The van der Waals surface area contributed by atoms with Gasteiger partial charge in [0.05, 0.1) is 5.69 Å². The van der Waals surface area contributed by atoms with Crippen molar-refractivity contribution in [3.8, 4) is 0 Å². The quantitative estimate of drug-likeness (QED) is 0.724. The first-order valence-electron chi connectivity index (χ1n) is 3.53. The Balaban J connectivity index is 2.73. The first-order valence-corrected chi connectivity index (χ1v) is 3.91. The van der Waals surface area contributed by atoms with Crippen molar-refractivity contribution in [2.24, 2.45) is 12.8 Å². The molecule has 0 aliphatic heterocycles. The number of hydrogen-bond donors (Lipinski definition) is 1. The Morgan fingerprint density at radius 3 is 2.82 bits per heavy atom. The summed E-state index contributed by atoms with van der Waals surface area (Å²) in [5.41, 5.74) is 6.54. The maximum atomic E-state index is 5.77. The number of aromatic nitrogens is 2. The SMILES string of the molecule is CC(N)Cc1cc(Cl)n(C)n1. The first kappa shape index (κ1) is 8.56. The van der Waals surface area contributed by atoms with E-state index in [1.807, 2.05) is 20.0 Å². The molecule has 1 rings (SSSR count). The molecule has 0 saturated carbocycles. The van der Waals surface area contributed by atoms with Crippen molar-refractivity contribution in [2.45, 2.75) is 19.4 Å². The standard InChI is InChI=1S/C7H12ClN3/c1-5(9)3-6-4-7(8)11(2)10-6/h4-5H,3,9H2,1-2H3. The van der Waals surface area contributed by atoms with Crippen LogP contribution in [0.3, 0.4) is 0 Å². The van der Waals surface area contributed by atoms with Crippen molar-refractivity contribution >= 4 is 11.6 Å². The summed E-state index contributed by atoms with van der Waals surface area (Å²) in [5, 5.41) is 4.81. The lowest BCUT2D eigenvalue weighted by Crippen LogP contribution is -2.18. The zero-order chi connectivity index (χ0) is 8.43. The van der Waals surface area contributed by atoms with Gasteiger partial charge < -0.3 is 5.73 Å². The Bertz CT molecular complexity index is 222. The molecule has 1 unspecified atom stereocenters. The van der Waals surface area contributed by atoms with Gasteiger partial charge in [-0.2, -0.15) is 5.10 Å². The molecule has 0 aliphatic rings. The van der Waals surface area contributed by atoms with Crippen LogP contribution in [-0.4, -0.2) is 15.8 Å². The van der Waals surface area contributed by atoms with Crippen LogP contribution in [0.15, 0.2) is 6.07 Å². The van der Waals surface area contributed by atoms with E-state index < -0.39 is 0 Å². The summed E-state index contributed by atoms with van der Waals surface area (Å²) in [6.45, 7) is 1.95. The molecule has 0 aliphatic carbocycles. The Morgan fingerprint density at radius 2 is 2.45 bits per heavy atom. The average molecular weight is 174 g/mol. The number of halogens is 1. The third kappa shape index (κ3) is 2.20. The van der Waals surface area contributed by atoms with Gasteiger partial charge in [-0.3, -0.25) is 4.68 Å². The molecule has 1 atom stereocenters. The molecule has 0 fully saturated rings. The minimum atomic E-state index is 0.140. The summed E-state index contributed by atoms with van der Waals surface area (Å²) in [4.78, 5) is 0. The predicted octanol–water partition coefficient (Wildman–Crippen LogP) is 0.963. The van der Waals surface area contributed by atoms with E-state index >= 15 is 0 Å². The fraction of sp³-hybridized carbons (Fsp3) is 0.571. The molecule has 2 N–H and O–H groups in total. The van der Waals surface area contributed by atoms with Crippen molar-refractivity contribution < 1.29 is 0 Å². The summed E-state index contributed by atoms with van der Waals surface area (Å²) in [7, 11) is 1.81. The maximum absolute atomic E-state index is 5.77. The highest BCUT2D eigenvalue weighted by Crippen LogP contribution is 2.09. The van der Waals surface area contributed by atoms with E-state index in [2.05, 4.69) is 5.10 Å². The minimum absolute atomic E-state index is 0.140. The smallest absolute Gasteiger partial charge is 0.126 e. The van der Waals surface area contributed by atoms with E-state index in [1.54, 1.807) is 4.68 Å². The van der Waals surface area contributed by atoms with Crippen LogP contribution in [-0.2, 0) is 13.5 Å². The van der Waals surface area contributed by atoms with Crippen molar-refractivity contribution in [1.82, 2.24) is 9.78 Å². The number of hydrogen-bond acceptors (Lipinski definition) is 2. The van der Waals surface area contributed by atoms with Crippen molar-refractivity contribution in [3.63, 3.8) is 0 Å². The fourth-order valence-electron chi connectivity index (χ4n) is 0.930. The predicted molar refractivity (Wildman–Crippen MR) is 45.6 cm³/mol. The molecule has 0 aromatic carbocycles. The molecule has 11 heavy (non-hydrogen) atoms. The lowest BCUT2D eigenvalue weighted by molar-refractivity contribution is 0.686. The third-order valence-electron chi connectivity index (χ3n) is 1.40. The molecular weight excluding hydrogens is 162 g/mol. The van der Waals surface area contributed by atoms with Crippen molar-refractivity contribution in [3.05, 3.63) is 16.9 Å². The summed E-state index contributed by atoms with van der Waals surface area (Å²) in [6.07, 6.45) is 0.778. The summed E-state index contributed by atoms with van der Waals surface area (Å²) < 4.78 is 1.64. The van der Waals surface area contributed by atoms with E-state index in [0.717, 1.165) is 12.1 Å². The van der Waals surface area contributed by atoms with Gasteiger partial charge in [0.1, 0.15) is 5.15 Å². The summed E-state index contributed by atoms with van der Waals surface area (Å²) in [6, 6.07) is 1.98. The van der Waals surface area contributed by atoms with Gasteiger partial charge in [0.2, 0.25) is 0 Å². The second-order valence-electron chi connectivity index (χ2n) is 2.76. The largest absolute Gasteiger partial charge is 0.328 e. The zero-order valence-corrected chi connectivity index (χ0v) is 7.47. The third-order valence-corrected chi connectivity index (χ3v) is 1.76. The summed E-state index contributed by atoms with van der Waals surface area (Å²) in [5.74, 6) is 0. The van der Waals surface area contributed by atoms with E-state index in [9.17, 15) is 0 Å². The highest BCUT2D eigenvalue weighted by Gasteiger charge is 2.03. The Labute approximate surface area is 71.1 Å². The van der Waals surface area contributed by atoms with Gasteiger partial charge in [-0.1, -0.05) is 11.6 Å². The molecular formula is C7H12ClN3. The molecule has 1 heterocycles. The average Bonchev–Trinajstić information content (AvgIpc) is 2.10. The van der Waals surface area contributed by atoms with Crippen LogP contribution in [0.25, 0.3) is 0 Å². The highest BCUT2D eigenvalue weighted by molar-refractivity contribution is 6.29. The van der Waals surface area contributed by atoms with E-state index in [0.29, 0.717) is 5.15 Å². The lowest BCUT2D eigenvalue weighted by atomic mass is 10.2. The van der Waals surface area contributed by atoms with Gasteiger partial charge in [-0.25, -0.2) is 0 Å². The van der Waals surface area contributed by atoms with Crippen LogP contribution < -0.4 is 5.73 Å². The van der Waals surface area contributed by atoms with Crippen LogP contribution in [0.5, 0.6) is 0 Å². The maximum Gasteiger partial charge on any atom is 0.126 e. The van der Waals surface area contributed by atoms with E-state index in [1.165, 1.54) is 0 Å². The molecule has 0 radical (unpaired) electrons. The van der Waals surface area contributed by atoms with E-state index in [-0.39, 0.29) is 6.04 Å². The summed E-state index contributed by atoms with van der Waals surface area (Å²) >= 11 is 5.77. The molecule has 1 aromatic rings. The van der Waals surface area contributed by atoms with Gasteiger partial charge in [0, 0.05) is 19.5 Å². The van der Waals surface area contributed by atoms with Crippen LogP contribution in [0.2, 0.25) is 5.15 Å². The monoisotopic (exact) mass is 173 g/mol. The Morgan fingerprint density at radius 1 is 1.82 bits per heavy atom. The number of aryl methyl sites for hydroxylation is 1. The molecule has 4 heteroatoms. The first-order chi connectivity index (χ1) is 5.09. The van der Waals surface area contributed by atoms with Crippen LogP contribution in [0.1, 0.15) is 12.6 Å². The second kappa shape index (κ2) is 3.24. The molecule has 0 spiro atoms. The van der Waals surface area contributed by atoms with Crippen molar-refractivity contribution in [1.29, 1.82) is 0 Å². The van der Waals surface area contributed by atoms with Crippen LogP contribution in [0.4, 0.5) is 0 Å². The highest BCUT2D eigenvalue weighted by atomic mass is 35.5. The van der Waals surface area contributed by atoms with Crippen LogP contribution >= 0.6 is 11.6 Å². The van der Waals surface area contributed by atoms with Crippen molar-refractivity contribution in [2.75, 3.05) is 0 Å². The molecule has 0 amide bonds. The topological polar surface area (TPSA) is 43.8 Å². The molecule has 1 aromatic heterocycles. The van der Waals surface area contributed by atoms with Crippen LogP contribution in [0, 0.1) is 0 Å². The Kier molecular flexibility index (Phi) is 2.52. The lowest BCUT2D eigenvalue weighted by Gasteiger charge is -1.98. The zero-order valence-electron chi connectivity index (χ0n) is 6.71. The van der Waals surface area contributed by atoms with E-state index in [4.69, 9.17) is 17.3 Å². The molecule has 0 bridgehead atoms. The van der Waals surface area contributed by atoms with Gasteiger partial charge >= 0.3 is 0 Å². The normalized spacial score (nSPS) is 13.5. The Hall–Kier alpha value is -0.540. The molecule has 3 nitrogen and oxygen atoms in total. The second-order valence-corrected chi connectivity index (χ2v) is 3.15. The molecule has 62 valence electrons. The molecule has 0 saturated heterocycles. The van der Waals surface area contributed by atoms with Gasteiger partial charge in [0.15, 0.2) is 0 Å². The van der Waals surface area contributed by atoms with Gasteiger partial charge in [-0.05, 0) is 13.0 Å². The number of nitrogens with zero attached hydrogens (tertiary/aromatic N) is 2. The van der Waals surface area contributed by atoms with Gasteiger partial charge in [0.25, 0.3) is 0 Å². The fourth-order valence-corrected chi connectivity index (χ4v) is 1.09. The number of nitrogens with two attached hydrogens (primary N) is 1. The number of rotatable bonds is 2. The minimum Gasteiger partial charge on any atom is -0.328 e.